The molecule has 2 heterocycles. The van der Waals surface area contributed by atoms with Crippen molar-refractivity contribution < 1.29 is 14.6 Å². The molecule has 1 aliphatic heterocycles. The lowest BCUT2D eigenvalue weighted by molar-refractivity contribution is 0.0572. The van der Waals surface area contributed by atoms with Crippen molar-refractivity contribution in [3.63, 3.8) is 0 Å². The maximum Gasteiger partial charge on any atom is 0.318 e. The molecule has 2 rings (SSSR count). The Morgan fingerprint density at radius 3 is 2.47 bits per heavy atom. The quantitative estimate of drug-likeness (QED) is 0.557. The topological polar surface area (TPSA) is 109 Å². The molecule has 0 amide bonds. The minimum atomic E-state index is -0.768. The summed E-state index contributed by atoms with van der Waals surface area (Å²) in [6.07, 6.45) is -1.54. The molecule has 1 aromatic rings. The molecule has 0 radical (unpaired) electrons. The highest BCUT2D eigenvalue weighted by molar-refractivity contribution is 5.28. The van der Waals surface area contributed by atoms with Crippen molar-refractivity contribution in [2.75, 3.05) is 18.0 Å². The molecule has 3 atom stereocenters. The zero-order valence-corrected chi connectivity index (χ0v) is 8.37. The van der Waals surface area contributed by atoms with E-state index in [1.54, 1.807) is 11.8 Å². The van der Waals surface area contributed by atoms with Gasteiger partial charge in [0.2, 0.25) is 5.89 Å². The van der Waals surface area contributed by atoms with E-state index < -0.39 is 12.2 Å². The summed E-state index contributed by atoms with van der Waals surface area (Å²) < 4.78 is 5.28. The summed E-state index contributed by atoms with van der Waals surface area (Å²) in [6.45, 7) is 2.33. The average molecular weight is 214 g/mol. The van der Waals surface area contributed by atoms with Crippen LogP contribution in [0, 0.1) is 0 Å². The number of aliphatic hydroxyl groups is 2. The maximum absolute atomic E-state index is 9.34. The van der Waals surface area contributed by atoms with Crippen molar-refractivity contribution in [1.29, 1.82) is 0 Å². The van der Waals surface area contributed by atoms with Crippen molar-refractivity contribution in [3.8, 4) is 0 Å². The zero-order valence-electron chi connectivity index (χ0n) is 8.37. The molecule has 0 bridgehead atoms. The van der Waals surface area contributed by atoms with E-state index in [1.807, 2.05) is 0 Å². The van der Waals surface area contributed by atoms with E-state index in [1.165, 1.54) is 0 Å². The Bertz CT molecular complexity index is 330. The van der Waals surface area contributed by atoms with Crippen molar-refractivity contribution in [2.45, 2.75) is 25.2 Å². The lowest BCUT2D eigenvalue weighted by Crippen LogP contribution is -2.22. The number of aliphatic hydroxyl groups excluding tert-OH is 2. The summed E-state index contributed by atoms with van der Waals surface area (Å²) in [7, 11) is 0. The SMILES string of the molecule is CC(N)c1nnc(N2CC(O)C(O)C2)o1. The van der Waals surface area contributed by atoms with Gasteiger partial charge < -0.3 is 25.3 Å². The van der Waals surface area contributed by atoms with Gasteiger partial charge in [0.1, 0.15) is 0 Å². The number of nitrogens with zero attached hydrogens (tertiary/aromatic N) is 3. The van der Waals surface area contributed by atoms with Crippen LogP contribution in [0.1, 0.15) is 18.9 Å². The van der Waals surface area contributed by atoms with Gasteiger partial charge in [-0.15, -0.1) is 5.10 Å². The number of hydrogen-bond acceptors (Lipinski definition) is 7. The number of anilines is 1. The normalized spacial score (nSPS) is 28.4. The van der Waals surface area contributed by atoms with E-state index in [4.69, 9.17) is 10.2 Å². The maximum atomic E-state index is 9.34. The lowest BCUT2D eigenvalue weighted by atomic mass is 10.3. The largest absolute Gasteiger partial charge is 0.406 e. The summed E-state index contributed by atoms with van der Waals surface area (Å²) in [4.78, 5) is 1.63. The van der Waals surface area contributed by atoms with Crippen LogP contribution in [0.5, 0.6) is 0 Å². The Hall–Kier alpha value is -1.18. The first-order valence-electron chi connectivity index (χ1n) is 4.78. The van der Waals surface area contributed by atoms with Crippen molar-refractivity contribution in [2.24, 2.45) is 5.73 Å². The Labute approximate surface area is 86.5 Å². The van der Waals surface area contributed by atoms with Crippen molar-refractivity contribution >= 4 is 6.01 Å². The van der Waals surface area contributed by atoms with Crippen LogP contribution >= 0.6 is 0 Å². The van der Waals surface area contributed by atoms with Gasteiger partial charge in [-0.2, -0.15) is 0 Å². The number of rotatable bonds is 2. The molecule has 15 heavy (non-hydrogen) atoms. The molecule has 1 saturated heterocycles. The Kier molecular flexibility index (Phi) is 2.59. The molecule has 0 spiro atoms. The van der Waals surface area contributed by atoms with Gasteiger partial charge in [-0.1, -0.05) is 5.10 Å². The molecule has 1 aliphatic rings. The highest BCUT2D eigenvalue weighted by Gasteiger charge is 2.32. The van der Waals surface area contributed by atoms with Crippen LogP contribution < -0.4 is 10.6 Å². The molecule has 7 nitrogen and oxygen atoms in total. The van der Waals surface area contributed by atoms with Crippen LogP contribution in [0.2, 0.25) is 0 Å². The van der Waals surface area contributed by atoms with Crippen LogP contribution in [0.4, 0.5) is 6.01 Å². The summed E-state index contributed by atoms with van der Waals surface area (Å²) in [5.41, 5.74) is 5.57. The van der Waals surface area contributed by atoms with Crippen molar-refractivity contribution in [1.82, 2.24) is 10.2 Å². The molecule has 1 aromatic heterocycles. The van der Waals surface area contributed by atoms with E-state index in [-0.39, 0.29) is 12.1 Å². The molecule has 0 saturated carbocycles. The number of aromatic nitrogens is 2. The minimum absolute atomic E-state index is 0.290. The van der Waals surface area contributed by atoms with E-state index in [0.717, 1.165) is 0 Å². The lowest BCUT2D eigenvalue weighted by Gasteiger charge is -2.10. The van der Waals surface area contributed by atoms with Crippen LogP contribution in [0.15, 0.2) is 4.42 Å². The Morgan fingerprint density at radius 1 is 1.40 bits per heavy atom. The monoisotopic (exact) mass is 214 g/mol. The fraction of sp³-hybridized carbons (Fsp3) is 0.750. The molecule has 7 heteroatoms. The van der Waals surface area contributed by atoms with E-state index in [0.29, 0.717) is 19.0 Å². The summed E-state index contributed by atoms with van der Waals surface area (Å²) in [5, 5.41) is 26.2. The molecule has 4 N–H and O–H groups in total. The summed E-state index contributed by atoms with van der Waals surface area (Å²) in [6, 6.07) is -0.0263. The average Bonchev–Trinajstić information content (AvgIpc) is 2.74. The summed E-state index contributed by atoms with van der Waals surface area (Å²) >= 11 is 0. The van der Waals surface area contributed by atoms with Crippen LogP contribution in [0.3, 0.4) is 0 Å². The molecular formula is C8H14N4O3. The van der Waals surface area contributed by atoms with E-state index in [9.17, 15) is 10.2 Å². The molecular weight excluding hydrogens is 200 g/mol. The second-order valence-electron chi connectivity index (χ2n) is 3.75. The van der Waals surface area contributed by atoms with Gasteiger partial charge in [-0.25, -0.2) is 0 Å². The van der Waals surface area contributed by atoms with Crippen LogP contribution in [-0.2, 0) is 0 Å². The number of hydrogen-bond donors (Lipinski definition) is 3. The second-order valence-corrected chi connectivity index (χ2v) is 3.75. The van der Waals surface area contributed by atoms with Gasteiger partial charge in [0.25, 0.3) is 0 Å². The second kappa shape index (κ2) is 3.76. The van der Waals surface area contributed by atoms with Gasteiger partial charge in [-0.3, -0.25) is 0 Å². The van der Waals surface area contributed by atoms with Gasteiger partial charge in [0.05, 0.1) is 31.3 Å². The summed E-state index contributed by atoms with van der Waals surface area (Å²) in [5.74, 6) is 0.348. The zero-order chi connectivity index (χ0) is 11.0. The predicted octanol–water partition coefficient (Wildman–Crippen LogP) is -1.37. The number of nitrogens with two attached hydrogens (primary N) is 1. The van der Waals surface area contributed by atoms with Crippen LogP contribution in [0.25, 0.3) is 0 Å². The molecule has 1 fully saturated rings. The van der Waals surface area contributed by atoms with Gasteiger partial charge in [-0.05, 0) is 6.92 Å². The third-order valence-electron chi connectivity index (χ3n) is 2.35. The third-order valence-corrected chi connectivity index (χ3v) is 2.35. The van der Waals surface area contributed by atoms with Crippen LogP contribution in [-0.4, -0.2) is 45.7 Å². The first-order chi connectivity index (χ1) is 7.08. The number of β-amino-alcohol motifs (C(OH)–C–C–N with tert-alkyl or cyclic N) is 2. The molecule has 0 aliphatic carbocycles. The Morgan fingerprint density at radius 2 is 2.00 bits per heavy atom. The minimum Gasteiger partial charge on any atom is -0.406 e. The fourth-order valence-corrected chi connectivity index (χ4v) is 1.46. The van der Waals surface area contributed by atoms with Gasteiger partial charge in [0.15, 0.2) is 0 Å². The third kappa shape index (κ3) is 1.94. The van der Waals surface area contributed by atoms with Gasteiger partial charge >= 0.3 is 6.01 Å². The first kappa shape index (κ1) is 10.3. The molecule has 3 unspecified atom stereocenters. The first-order valence-corrected chi connectivity index (χ1v) is 4.78. The predicted molar refractivity (Wildman–Crippen MR) is 51.1 cm³/mol. The highest BCUT2D eigenvalue weighted by Crippen LogP contribution is 2.20. The van der Waals surface area contributed by atoms with E-state index in [2.05, 4.69) is 10.2 Å². The molecule has 84 valence electrons. The van der Waals surface area contributed by atoms with E-state index >= 15 is 0 Å². The Balaban J connectivity index is 2.10. The highest BCUT2D eigenvalue weighted by atomic mass is 16.4. The fourth-order valence-electron chi connectivity index (χ4n) is 1.46. The van der Waals surface area contributed by atoms with Crippen molar-refractivity contribution in [3.05, 3.63) is 5.89 Å². The molecule has 0 aromatic carbocycles. The smallest absolute Gasteiger partial charge is 0.318 e. The van der Waals surface area contributed by atoms with Gasteiger partial charge in [0, 0.05) is 0 Å². The standard InChI is InChI=1S/C8H14N4O3/c1-4(9)7-10-11-8(15-7)12-2-5(13)6(14)3-12/h4-6,13-14H,2-3,9H2,1H3.